The van der Waals surface area contributed by atoms with E-state index in [-0.39, 0.29) is 0 Å². The van der Waals surface area contributed by atoms with Gasteiger partial charge < -0.3 is 5.73 Å². The summed E-state index contributed by atoms with van der Waals surface area (Å²) in [6.07, 6.45) is 1.14. The summed E-state index contributed by atoms with van der Waals surface area (Å²) in [5.41, 5.74) is 5.91. The van der Waals surface area contributed by atoms with Crippen LogP contribution in [-0.4, -0.2) is 7.05 Å². The summed E-state index contributed by atoms with van der Waals surface area (Å²) in [4.78, 5) is 0. The summed E-state index contributed by atoms with van der Waals surface area (Å²) in [6.45, 7) is 6.16. The molecule has 0 spiro atoms. The van der Waals surface area contributed by atoms with Gasteiger partial charge in [0.25, 0.3) is 0 Å². The number of benzene rings is 1. The van der Waals surface area contributed by atoms with Crippen molar-refractivity contribution >= 4 is 0 Å². The summed E-state index contributed by atoms with van der Waals surface area (Å²) >= 11 is 0. The molecule has 1 heteroatoms. The van der Waals surface area contributed by atoms with Crippen LogP contribution in [0.5, 0.6) is 0 Å². The molecule has 1 aromatic rings. The van der Waals surface area contributed by atoms with Crippen LogP contribution in [0.4, 0.5) is 0 Å². The van der Waals surface area contributed by atoms with E-state index in [9.17, 15) is 0 Å². The molecule has 0 aliphatic heterocycles. The lowest BCUT2D eigenvalue weighted by Gasteiger charge is -1.89. The number of rotatable bonds is 1. The van der Waals surface area contributed by atoms with Crippen LogP contribution < -0.4 is 5.73 Å². The van der Waals surface area contributed by atoms with Crippen LogP contribution in [0.2, 0.25) is 0 Å². The Morgan fingerprint density at radius 1 is 1.00 bits per heavy atom. The second-order valence-electron chi connectivity index (χ2n) is 1.84. The Morgan fingerprint density at radius 2 is 1.42 bits per heavy atom. The van der Waals surface area contributed by atoms with Gasteiger partial charge in [0, 0.05) is 0 Å². The summed E-state index contributed by atoms with van der Waals surface area (Å²) in [5, 5.41) is 0. The van der Waals surface area contributed by atoms with Crippen LogP contribution in [0, 0.1) is 0 Å². The molecule has 0 aromatic heterocycles. The van der Waals surface area contributed by atoms with E-state index in [4.69, 9.17) is 0 Å². The molecule has 70 valence electrons. The van der Waals surface area contributed by atoms with E-state index in [2.05, 4.69) is 36.9 Å². The molecular formula is C11H21N. The highest BCUT2D eigenvalue weighted by Gasteiger charge is 1.79. The molecule has 0 aliphatic carbocycles. The Kier molecular flexibility index (Phi) is 14.7. The molecule has 0 aliphatic rings. The first-order valence-corrected chi connectivity index (χ1v) is 4.55. The van der Waals surface area contributed by atoms with Crippen molar-refractivity contribution in [1.82, 2.24) is 0 Å². The second-order valence-corrected chi connectivity index (χ2v) is 1.84. The van der Waals surface area contributed by atoms with E-state index in [0.717, 1.165) is 6.42 Å². The highest BCUT2D eigenvalue weighted by molar-refractivity contribution is 5.13. The van der Waals surface area contributed by atoms with Crippen LogP contribution in [-0.2, 0) is 6.42 Å². The van der Waals surface area contributed by atoms with E-state index < -0.39 is 0 Å². The minimum atomic E-state index is 1.14. The highest BCUT2D eigenvalue weighted by atomic mass is 14.4. The molecule has 0 amide bonds. The maximum atomic E-state index is 4.50. The van der Waals surface area contributed by atoms with Gasteiger partial charge in [-0.2, -0.15) is 0 Å². The van der Waals surface area contributed by atoms with Gasteiger partial charge in [0.15, 0.2) is 0 Å². The van der Waals surface area contributed by atoms with Crippen LogP contribution >= 0.6 is 0 Å². The van der Waals surface area contributed by atoms with Gasteiger partial charge in [0.2, 0.25) is 0 Å². The van der Waals surface area contributed by atoms with Gasteiger partial charge in [-0.3, -0.25) is 0 Å². The molecular weight excluding hydrogens is 146 g/mol. The lowest BCUT2D eigenvalue weighted by Crippen LogP contribution is -1.73. The Hall–Kier alpha value is -0.820. The van der Waals surface area contributed by atoms with Crippen LogP contribution in [0.1, 0.15) is 26.3 Å². The first-order chi connectivity index (χ1) is 5.93. The van der Waals surface area contributed by atoms with Crippen molar-refractivity contribution in [3.8, 4) is 0 Å². The second kappa shape index (κ2) is 12.8. The zero-order chi connectivity index (χ0) is 9.82. The largest absolute Gasteiger partial charge is 0.333 e. The minimum Gasteiger partial charge on any atom is -0.333 e. The normalized spacial score (nSPS) is 7.08. The van der Waals surface area contributed by atoms with Gasteiger partial charge in [0.1, 0.15) is 0 Å². The molecule has 2 N–H and O–H groups in total. The minimum absolute atomic E-state index is 1.14. The molecule has 0 radical (unpaired) electrons. The van der Waals surface area contributed by atoms with Crippen LogP contribution in [0.15, 0.2) is 30.3 Å². The van der Waals surface area contributed by atoms with Crippen molar-refractivity contribution in [3.63, 3.8) is 0 Å². The lowest BCUT2D eigenvalue weighted by molar-refractivity contribution is 1.14. The van der Waals surface area contributed by atoms with Gasteiger partial charge in [-0.05, 0) is 19.0 Å². The predicted octanol–water partition coefficient (Wildman–Crippen LogP) is 2.85. The maximum Gasteiger partial charge on any atom is -0.0195 e. The summed E-state index contributed by atoms with van der Waals surface area (Å²) in [6, 6.07) is 10.5. The first-order valence-electron chi connectivity index (χ1n) is 4.55. The molecule has 0 unspecified atom stereocenters. The highest BCUT2D eigenvalue weighted by Crippen LogP contribution is 1.96. The number of hydrogen-bond acceptors (Lipinski definition) is 1. The van der Waals surface area contributed by atoms with Gasteiger partial charge in [-0.1, -0.05) is 51.1 Å². The van der Waals surface area contributed by atoms with Gasteiger partial charge in [-0.15, -0.1) is 0 Å². The van der Waals surface area contributed by atoms with Crippen molar-refractivity contribution in [2.75, 3.05) is 7.05 Å². The van der Waals surface area contributed by atoms with Crippen molar-refractivity contribution in [1.29, 1.82) is 0 Å². The van der Waals surface area contributed by atoms with Gasteiger partial charge in [0.05, 0.1) is 0 Å². The van der Waals surface area contributed by atoms with Crippen molar-refractivity contribution in [2.24, 2.45) is 5.73 Å². The van der Waals surface area contributed by atoms with Gasteiger partial charge >= 0.3 is 0 Å². The standard InChI is InChI=1S/C8H10.C2H6.CH5N/c1-2-8-6-4-3-5-7-8;2*1-2/h3-7H,2H2,1H3;1-2H3;2H2,1H3. The molecule has 12 heavy (non-hydrogen) atoms. The topological polar surface area (TPSA) is 26.0 Å². The fourth-order valence-electron chi connectivity index (χ4n) is 0.714. The Morgan fingerprint density at radius 3 is 1.67 bits per heavy atom. The van der Waals surface area contributed by atoms with E-state index in [1.807, 2.05) is 19.9 Å². The third kappa shape index (κ3) is 7.29. The molecule has 0 heterocycles. The van der Waals surface area contributed by atoms with Crippen molar-refractivity contribution in [3.05, 3.63) is 35.9 Å². The van der Waals surface area contributed by atoms with Crippen LogP contribution in [0.25, 0.3) is 0 Å². The summed E-state index contributed by atoms with van der Waals surface area (Å²) < 4.78 is 0. The molecule has 0 saturated carbocycles. The molecule has 1 rings (SSSR count). The predicted molar refractivity (Wildman–Crippen MR) is 57.3 cm³/mol. The zero-order valence-corrected chi connectivity index (χ0v) is 8.67. The summed E-state index contributed by atoms with van der Waals surface area (Å²) in [7, 11) is 1.50. The smallest absolute Gasteiger partial charge is 0.0195 e. The monoisotopic (exact) mass is 167 g/mol. The maximum absolute atomic E-state index is 4.50. The lowest BCUT2D eigenvalue weighted by atomic mass is 10.2. The Labute approximate surface area is 76.6 Å². The van der Waals surface area contributed by atoms with E-state index in [0.29, 0.717) is 0 Å². The molecule has 0 saturated heterocycles. The van der Waals surface area contributed by atoms with E-state index in [1.54, 1.807) is 0 Å². The summed E-state index contributed by atoms with van der Waals surface area (Å²) in [5.74, 6) is 0. The Balaban J connectivity index is 0. The average Bonchev–Trinajstić information content (AvgIpc) is 2.25. The van der Waals surface area contributed by atoms with Crippen molar-refractivity contribution < 1.29 is 0 Å². The van der Waals surface area contributed by atoms with Gasteiger partial charge in [-0.25, -0.2) is 0 Å². The third-order valence-electron chi connectivity index (χ3n) is 1.25. The fraction of sp³-hybridized carbons (Fsp3) is 0.455. The zero-order valence-electron chi connectivity index (χ0n) is 8.67. The third-order valence-corrected chi connectivity index (χ3v) is 1.25. The quantitative estimate of drug-likeness (QED) is 0.684. The van der Waals surface area contributed by atoms with Crippen LogP contribution in [0.3, 0.4) is 0 Å². The molecule has 1 nitrogen and oxygen atoms in total. The molecule has 0 fully saturated rings. The molecule has 0 atom stereocenters. The van der Waals surface area contributed by atoms with Crippen molar-refractivity contribution in [2.45, 2.75) is 27.2 Å². The number of hydrogen-bond donors (Lipinski definition) is 1. The SMILES string of the molecule is CC.CCc1ccccc1.CN. The first kappa shape index (κ1) is 13.7. The molecule has 1 aromatic carbocycles. The fourth-order valence-corrected chi connectivity index (χ4v) is 0.714. The number of nitrogens with two attached hydrogens (primary N) is 1. The average molecular weight is 167 g/mol. The van der Waals surface area contributed by atoms with E-state index in [1.165, 1.54) is 12.6 Å². The molecule has 0 bridgehead atoms. The Bertz CT molecular complexity index is 146. The number of aryl methyl sites for hydroxylation is 1. The van der Waals surface area contributed by atoms with E-state index >= 15 is 0 Å².